The average Bonchev–Trinajstić information content (AvgIpc) is 2.88. The standard InChI is InChI=1S/C30H34Cl2FN3O4S/c1-6-26(29(38)34-30(3,4)5)35(18-22-23(31)10-9-11-24(22)32)28(37)19-36(27-13-8-7-12-25(27)33)41(39,40)21-16-14-20(2)15-17-21/h7-17,26H,6,18-19H2,1-5H3,(H,34,38)/t26-/m1/s1. The number of amides is 2. The molecule has 1 N–H and O–H groups in total. The van der Waals surface area contributed by atoms with Crippen LogP contribution in [0.15, 0.2) is 71.6 Å². The number of carbonyl (C=O) groups excluding carboxylic acids is 2. The van der Waals surface area contributed by atoms with E-state index in [1.54, 1.807) is 44.2 Å². The highest BCUT2D eigenvalue weighted by Gasteiger charge is 2.35. The van der Waals surface area contributed by atoms with Gasteiger partial charge in [-0.15, -0.1) is 0 Å². The number of nitrogens with one attached hydrogen (secondary N) is 1. The highest BCUT2D eigenvalue weighted by atomic mass is 35.5. The maximum Gasteiger partial charge on any atom is 0.264 e. The smallest absolute Gasteiger partial charge is 0.264 e. The number of sulfonamides is 1. The molecule has 0 spiro atoms. The van der Waals surface area contributed by atoms with E-state index in [2.05, 4.69) is 5.32 Å². The topological polar surface area (TPSA) is 86.8 Å². The number of para-hydroxylation sites is 1. The summed E-state index contributed by atoms with van der Waals surface area (Å²) < 4.78 is 43.5. The lowest BCUT2D eigenvalue weighted by molar-refractivity contribution is -0.141. The highest BCUT2D eigenvalue weighted by Crippen LogP contribution is 2.30. The Kier molecular flexibility index (Phi) is 10.4. The summed E-state index contributed by atoms with van der Waals surface area (Å²) in [7, 11) is -4.40. The first kappa shape index (κ1) is 32.4. The fourth-order valence-corrected chi connectivity index (χ4v) is 6.17. The molecule has 0 aliphatic rings. The third-order valence-corrected chi connectivity index (χ3v) is 8.77. The van der Waals surface area contributed by atoms with E-state index >= 15 is 4.39 Å². The maximum absolute atomic E-state index is 15.1. The lowest BCUT2D eigenvalue weighted by Gasteiger charge is -2.35. The molecule has 220 valence electrons. The zero-order valence-electron chi connectivity index (χ0n) is 23.6. The Labute approximate surface area is 251 Å². The van der Waals surface area contributed by atoms with Crippen molar-refractivity contribution in [3.63, 3.8) is 0 Å². The lowest BCUT2D eigenvalue weighted by atomic mass is 10.1. The number of carbonyl (C=O) groups is 2. The Morgan fingerprint density at radius 1 is 0.951 bits per heavy atom. The normalized spacial score (nSPS) is 12.5. The van der Waals surface area contributed by atoms with Crippen LogP contribution in [0.3, 0.4) is 0 Å². The Balaban J connectivity index is 2.13. The van der Waals surface area contributed by atoms with Crippen molar-refractivity contribution in [1.29, 1.82) is 0 Å². The molecule has 0 bridgehead atoms. The van der Waals surface area contributed by atoms with Crippen LogP contribution in [0.5, 0.6) is 0 Å². The fraction of sp³-hybridized carbons (Fsp3) is 0.333. The van der Waals surface area contributed by atoms with E-state index in [-0.39, 0.29) is 33.6 Å². The number of nitrogens with zero attached hydrogens (tertiary/aromatic N) is 2. The number of aryl methyl sites for hydroxylation is 1. The number of anilines is 1. The molecular formula is C30H34Cl2FN3O4S. The molecule has 3 rings (SSSR count). The summed E-state index contributed by atoms with van der Waals surface area (Å²) in [6.45, 7) is 8.01. The zero-order valence-corrected chi connectivity index (χ0v) is 25.9. The van der Waals surface area contributed by atoms with Gasteiger partial charge in [-0.3, -0.25) is 13.9 Å². The van der Waals surface area contributed by atoms with Crippen molar-refractivity contribution in [1.82, 2.24) is 10.2 Å². The van der Waals surface area contributed by atoms with Gasteiger partial charge in [-0.1, -0.05) is 66.0 Å². The van der Waals surface area contributed by atoms with Crippen LogP contribution >= 0.6 is 23.2 Å². The molecule has 3 aromatic rings. The minimum atomic E-state index is -4.40. The number of hydrogen-bond acceptors (Lipinski definition) is 4. The molecule has 0 radical (unpaired) electrons. The molecule has 1 atom stereocenters. The van der Waals surface area contributed by atoms with E-state index in [4.69, 9.17) is 23.2 Å². The molecule has 0 unspecified atom stereocenters. The number of halogens is 3. The molecule has 0 aromatic heterocycles. The molecule has 0 saturated heterocycles. The predicted octanol–water partition coefficient (Wildman–Crippen LogP) is 6.36. The second-order valence-electron chi connectivity index (χ2n) is 10.7. The minimum absolute atomic E-state index is 0.114. The molecule has 11 heteroatoms. The van der Waals surface area contributed by atoms with E-state index in [1.807, 2.05) is 20.8 Å². The summed E-state index contributed by atoms with van der Waals surface area (Å²) in [5, 5.41) is 3.44. The Hall–Kier alpha value is -3.14. The third-order valence-electron chi connectivity index (χ3n) is 6.28. The molecule has 0 aliphatic carbocycles. The summed E-state index contributed by atoms with van der Waals surface area (Å²) in [4.78, 5) is 28.6. The van der Waals surface area contributed by atoms with E-state index in [9.17, 15) is 18.0 Å². The summed E-state index contributed by atoms with van der Waals surface area (Å²) in [5.74, 6) is -2.00. The first-order chi connectivity index (χ1) is 19.2. The van der Waals surface area contributed by atoms with Crippen molar-refractivity contribution in [3.8, 4) is 0 Å². The van der Waals surface area contributed by atoms with Gasteiger partial charge in [-0.2, -0.15) is 0 Å². The largest absolute Gasteiger partial charge is 0.350 e. The van der Waals surface area contributed by atoms with Gasteiger partial charge in [0, 0.05) is 27.7 Å². The SMILES string of the molecule is CC[C@H](C(=O)NC(C)(C)C)N(Cc1c(Cl)cccc1Cl)C(=O)CN(c1ccccc1F)S(=O)(=O)c1ccc(C)cc1. The fourth-order valence-electron chi connectivity index (χ4n) is 4.23. The summed E-state index contributed by atoms with van der Waals surface area (Å²) in [6, 6.07) is 15.2. The van der Waals surface area contributed by atoms with Gasteiger partial charge < -0.3 is 10.2 Å². The summed E-state index contributed by atoms with van der Waals surface area (Å²) in [5.41, 5.74) is 0.320. The van der Waals surface area contributed by atoms with Gasteiger partial charge >= 0.3 is 0 Å². The van der Waals surface area contributed by atoms with Crippen molar-refractivity contribution >= 4 is 50.7 Å². The highest BCUT2D eigenvalue weighted by molar-refractivity contribution is 7.92. The minimum Gasteiger partial charge on any atom is -0.350 e. The van der Waals surface area contributed by atoms with Crippen LogP contribution in [-0.2, 0) is 26.2 Å². The van der Waals surface area contributed by atoms with Gasteiger partial charge in [0.15, 0.2) is 0 Å². The van der Waals surface area contributed by atoms with Gasteiger partial charge in [-0.25, -0.2) is 12.8 Å². The molecule has 41 heavy (non-hydrogen) atoms. The van der Waals surface area contributed by atoms with Crippen LogP contribution in [-0.4, -0.2) is 43.3 Å². The monoisotopic (exact) mass is 621 g/mol. The lowest BCUT2D eigenvalue weighted by Crippen LogP contribution is -2.55. The predicted molar refractivity (Wildman–Crippen MR) is 161 cm³/mol. The van der Waals surface area contributed by atoms with Gasteiger partial charge in [0.05, 0.1) is 10.6 Å². The van der Waals surface area contributed by atoms with Gasteiger partial charge in [-0.05, 0) is 70.5 Å². The molecule has 0 saturated carbocycles. The van der Waals surface area contributed by atoms with Gasteiger partial charge in [0.1, 0.15) is 18.4 Å². The van der Waals surface area contributed by atoms with Crippen molar-refractivity contribution in [2.45, 2.75) is 64.1 Å². The third kappa shape index (κ3) is 7.99. The first-order valence-electron chi connectivity index (χ1n) is 13.0. The second-order valence-corrected chi connectivity index (χ2v) is 13.3. The van der Waals surface area contributed by atoms with E-state index in [0.717, 1.165) is 15.9 Å². The van der Waals surface area contributed by atoms with Crippen molar-refractivity contribution in [3.05, 3.63) is 93.7 Å². The molecule has 3 aromatic carbocycles. The first-order valence-corrected chi connectivity index (χ1v) is 15.2. The summed E-state index contributed by atoms with van der Waals surface area (Å²) >= 11 is 12.8. The Bertz CT molecular complexity index is 1490. The van der Waals surface area contributed by atoms with Crippen LogP contribution in [0.4, 0.5) is 10.1 Å². The molecule has 2 amide bonds. The Morgan fingerprint density at radius 2 is 1.54 bits per heavy atom. The number of hydrogen-bond donors (Lipinski definition) is 1. The molecule has 0 heterocycles. The van der Waals surface area contributed by atoms with Crippen LogP contribution in [0, 0.1) is 12.7 Å². The molecule has 0 aliphatic heterocycles. The number of rotatable bonds is 10. The van der Waals surface area contributed by atoms with Crippen molar-refractivity contribution in [2.24, 2.45) is 0 Å². The van der Waals surface area contributed by atoms with Crippen LogP contribution < -0.4 is 9.62 Å². The van der Waals surface area contributed by atoms with Gasteiger partial charge in [0.25, 0.3) is 10.0 Å². The van der Waals surface area contributed by atoms with E-state index in [0.29, 0.717) is 5.56 Å². The summed E-state index contributed by atoms with van der Waals surface area (Å²) in [6.07, 6.45) is 0.208. The van der Waals surface area contributed by atoms with Crippen LogP contribution in [0.1, 0.15) is 45.2 Å². The second kappa shape index (κ2) is 13.2. The maximum atomic E-state index is 15.1. The van der Waals surface area contributed by atoms with Crippen LogP contribution in [0.2, 0.25) is 10.0 Å². The van der Waals surface area contributed by atoms with Gasteiger partial charge in [0.2, 0.25) is 11.8 Å². The van der Waals surface area contributed by atoms with E-state index < -0.39 is 45.8 Å². The Morgan fingerprint density at radius 3 is 2.07 bits per heavy atom. The molecule has 0 fully saturated rings. The van der Waals surface area contributed by atoms with Crippen molar-refractivity contribution in [2.75, 3.05) is 10.8 Å². The average molecular weight is 623 g/mol. The van der Waals surface area contributed by atoms with Crippen molar-refractivity contribution < 1.29 is 22.4 Å². The molecular weight excluding hydrogens is 588 g/mol. The number of benzene rings is 3. The quantitative estimate of drug-likeness (QED) is 0.285. The van der Waals surface area contributed by atoms with E-state index in [1.165, 1.54) is 35.2 Å². The van der Waals surface area contributed by atoms with Crippen LogP contribution in [0.25, 0.3) is 0 Å². The zero-order chi connectivity index (χ0) is 30.5. The molecule has 7 nitrogen and oxygen atoms in total.